The van der Waals surface area contributed by atoms with E-state index in [2.05, 4.69) is 53.2 Å². The molecule has 0 amide bonds. The average molecular weight is 464 g/mol. The summed E-state index contributed by atoms with van der Waals surface area (Å²) in [4.78, 5) is 10.6. The van der Waals surface area contributed by atoms with E-state index in [1.54, 1.807) is 12.1 Å². The number of nitrogens with zero attached hydrogens (tertiary/aromatic N) is 3. The van der Waals surface area contributed by atoms with E-state index in [0.717, 1.165) is 39.0 Å². The summed E-state index contributed by atoms with van der Waals surface area (Å²) >= 11 is 3.56. The van der Waals surface area contributed by atoms with Gasteiger partial charge in [0.15, 0.2) is 0 Å². The molecule has 150 valence electrons. The van der Waals surface area contributed by atoms with Gasteiger partial charge in [-0.25, -0.2) is 5.01 Å². The quantitative estimate of drug-likeness (QED) is 0.357. The van der Waals surface area contributed by atoms with Gasteiger partial charge in [0.05, 0.1) is 16.7 Å². The Morgan fingerprint density at radius 1 is 1.10 bits per heavy atom. The Balaban J connectivity index is 1.57. The number of hydrogen-bond acceptors (Lipinski definition) is 5. The zero-order valence-electron chi connectivity index (χ0n) is 16.2. The minimum absolute atomic E-state index is 0.0303. The van der Waals surface area contributed by atoms with E-state index in [1.165, 1.54) is 17.7 Å². The maximum atomic E-state index is 11.0. The molecule has 3 aromatic carbocycles. The van der Waals surface area contributed by atoms with Crippen molar-refractivity contribution in [3.63, 3.8) is 0 Å². The lowest BCUT2D eigenvalue weighted by molar-refractivity contribution is -0.384. The highest BCUT2D eigenvalue weighted by Crippen LogP contribution is 2.48. The van der Waals surface area contributed by atoms with Crippen LogP contribution in [0.15, 0.2) is 76.3 Å². The SMILES string of the molecule is Cc1ccc(C2=NN3[C@H](C2)c2cc(Br)ccc2O[C@@H]3c2ccc([N+](=O)[O-])cc2)cc1. The highest BCUT2D eigenvalue weighted by atomic mass is 79.9. The Hall–Kier alpha value is -3.19. The summed E-state index contributed by atoms with van der Waals surface area (Å²) in [5.41, 5.74) is 5.26. The number of halogens is 1. The highest BCUT2D eigenvalue weighted by Gasteiger charge is 2.41. The molecule has 30 heavy (non-hydrogen) atoms. The molecule has 0 spiro atoms. The van der Waals surface area contributed by atoms with Crippen molar-refractivity contribution in [1.82, 2.24) is 5.01 Å². The lowest BCUT2D eigenvalue weighted by Gasteiger charge is -2.38. The Morgan fingerprint density at radius 3 is 2.53 bits per heavy atom. The summed E-state index contributed by atoms with van der Waals surface area (Å²) in [5.74, 6) is 0.808. The van der Waals surface area contributed by atoms with E-state index >= 15 is 0 Å². The molecule has 0 N–H and O–H groups in total. The number of rotatable bonds is 3. The summed E-state index contributed by atoms with van der Waals surface area (Å²) < 4.78 is 7.31. The summed E-state index contributed by atoms with van der Waals surface area (Å²) in [5, 5.41) is 17.9. The molecule has 2 atom stereocenters. The third-order valence-corrected chi connectivity index (χ3v) is 6.02. The van der Waals surface area contributed by atoms with Gasteiger partial charge >= 0.3 is 0 Å². The number of nitro groups is 1. The molecule has 2 aliphatic heterocycles. The maximum absolute atomic E-state index is 11.0. The predicted octanol–water partition coefficient (Wildman–Crippen LogP) is 5.91. The standard InChI is InChI=1S/C23H18BrN3O3/c1-14-2-4-15(5-3-14)20-13-21-19-12-17(24)8-11-22(19)30-23(26(21)25-20)16-6-9-18(10-7-16)27(28)29/h2-12,21,23H,13H2,1H3/t21-,23-/m1/s1. The summed E-state index contributed by atoms with van der Waals surface area (Å²) in [6.45, 7) is 2.07. The Labute approximate surface area is 182 Å². The molecule has 0 radical (unpaired) electrons. The van der Waals surface area contributed by atoms with Gasteiger partial charge in [-0.2, -0.15) is 5.10 Å². The Bertz CT molecular complexity index is 1160. The molecule has 0 saturated carbocycles. The van der Waals surface area contributed by atoms with E-state index < -0.39 is 11.2 Å². The molecule has 5 rings (SSSR count). The maximum Gasteiger partial charge on any atom is 0.269 e. The van der Waals surface area contributed by atoms with Crippen LogP contribution in [0.5, 0.6) is 5.75 Å². The minimum Gasteiger partial charge on any atom is -0.464 e. The van der Waals surface area contributed by atoms with E-state index in [-0.39, 0.29) is 11.7 Å². The molecule has 0 aliphatic carbocycles. The van der Waals surface area contributed by atoms with Crippen molar-refractivity contribution in [2.45, 2.75) is 25.6 Å². The first kappa shape index (κ1) is 18.8. The lowest BCUT2D eigenvalue weighted by atomic mass is 9.95. The van der Waals surface area contributed by atoms with Crippen molar-refractivity contribution in [3.05, 3.63) is 104 Å². The first-order chi connectivity index (χ1) is 14.5. The number of ether oxygens (including phenoxy) is 1. The number of hydrazone groups is 1. The minimum atomic E-state index is -0.451. The molecule has 0 aromatic heterocycles. The fraction of sp³-hybridized carbons (Fsp3) is 0.174. The number of aryl methyl sites for hydroxylation is 1. The molecule has 2 aliphatic rings. The van der Waals surface area contributed by atoms with Gasteiger partial charge in [0.1, 0.15) is 5.75 Å². The topological polar surface area (TPSA) is 68.0 Å². The second-order valence-corrected chi connectivity index (χ2v) is 8.43. The van der Waals surface area contributed by atoms with Crippen LogP contribution in [-0.4, -0.2) is 15.6 Å². The second-order valence-electron chi connectivity index (χ2n) is 7.51. The normalized spacial score (nSPS) is 19.5. The highest BCUT2D eigenvalue weighted by molar-refractivity contribution is 9.10. The number of nitro benzene ring substituents is 1. The third-order valence-electron chi connectivity index (χ3n) is 5.53. The van der Waals surface area contributed by atoms with Crippen LogP contribution in [0.4, 0.5) is 5.69 Å². The number of benzene rings is 3. The monoisotopic (exact) mass is 463 g/mol. The van der Waals surface area contributed by atoms with Gasteiger partial charge < -0.3 is 4.74 Å². The molecule has 7 heteroatoms. The van der Waals surface area contributed by atoms with Gasteiger partial charge in [-0.1, -0.05) is 45.8 Å². The molecule has 2 heterocycles. The van der Waals surface area contributed by atoms with Crippen LogP contribution in [0.2, 0.25) is 0 Å². The molecular formula is C23H18BrN3O3. The van der Waals surface area contributed by atoms with Crippen molar-refractivity contribution < 1.29 is 9.66 Å². The fourth-order valence-electron chi connectivity index (χ4n) is 3.96. The van der Waals surface area contributed by atoms with Crippen LogP contribution < -0.4 is 4.74 Å². The van der Waals surface area contributed by atoms with Crippen LogP contribution >= 0.6 is 15.9 Å². The second kappa shape index (κ2) is 7.25. The molecule has 0 fully saturated rings. The Kier molecular flexibility index (Phi) is 4.55. The van der Waals surface area contributed by atoms with E-state index in [4.69, 9.17) is 9.84 Å². The van der Waals surface area contributed by atoms with Crippen molar-refractivity contribution in [2.75, 3.05) is 0 Å². The summed E-state index contributed by atoms with van der Waals surface area (Å²) in [6.07, 6.45) is 0.312. The fourth-order valence-corrected chi connectivity index (χ4v) is 4.34. The van der Waals surface area contributed by atoms with Crippen molar-refractivity contribution in [1.29, 1.82) is 0 Å². The number of fused-ring (bicyclic) bond motifs is 3. The molecule has 0 saturated heterocycles. The summed E-state index contributed by atoms with van der Waals surface area (Å²) in [6, 6.07) is 20.9. The summed E-state index contributed by atoms with van der Waals surface area (Å²) in [7, 11) is 0. The molecular weight excluding hydrogens is 446 g/mol. The van der Waals surface area contributed by atoms with Gasteiger partial charge in [-0.3, -0.25) is 10.1 Å². The Morgan fingerprint density at radius 2 is 1.83 bits per heavy atom. The lowest BCUT2D eigenvalue weighted by Crippen LogP contribution is -2.33. The first-order valence-corrected chi connectivity index (χ1v) is 10.4. The third kappa shape index (κ3) is 3.25. The van der Waals surface area contributed by atoms with Crippen LogP contribution in [-0.2, 0) is 0 Å². The van der Waals surface area contributed by atoms with Gasteiger partial charge in [0, 0.05) is 34.2 Å². The van der Waals surface area contributed by atoms with Gasteiger partial charge in [-0.05, 0) is 42.8 Å². The van der Waals surface area contributed by atoms with Crippen LogP contribution in [0.25, 0.3) is 0 Å². The zero-order valence-corrected chi connectivity index (χ0v) is 17.7. The molecule has 3 aromatic rings. The average Bonchev–Trinajstić information content (AvgIpc) is 3.19. The number of non-ortho nitro benzene ring substituents is 1. The van der Waals surface area contributed by atoms with Crippen molar-refractivity contribution in [2.24, 2.45) is 5.10 Å². The zero-order chi connectivity index (χ0) is 20.8. The van der Waals surface area contributed by atoms with Gasteiger partial charge in [-0.15, -0.1) is 0 Å². The van der Waals surface area contributed by atoms with Gasteiger partial charge in [0.2, 0.25) is 6.23 Å². The van der Waals surface area contributed by atoms with E-state index in [9.17, 15) is 10.1 Å². The molecule has 6 nitrogen and oxygen atoms in total. The van der Waals surface area contributed by atoms with Crippen LogP contribution in [0.3, 0.4) is 0 Å². The number of hydrogen-bond donors (Lipinski definition) is 0. The first-order valence-electron chi connectivity index (χ1n) is 9.63. The largest absolute Gasteiger partial charge is 0.464 e. The van der Waals surface area contributed by atoms with Crippen LogP contribution in [0.1, 0.15) is 40.9 Å². The van der Waals surface area contributed by atoms with E-state index in [0.29, 0.717) is 0 Å². The predicted molar refractivity (Wildman–Crippen MR) is 118 cm³/mol. The van der Waals surface area contributed by atoms with Crippen molar-refractivity contribution >= 4 is 27.3 Å². The van der Waals surface area contributed by atoms with Crippen LogP contribution in [0, 0.1) is 17.0 Å². The molecule has 0 bridgehead atoms. The smallest absolute Gasteiger partial charge is 0.269 e. The van der Waals surface area contributed by atoms with Crippen molar-refractivity contribution in [3.8, 4) is 5.75 Å². The molecule has 0 unspecified atom stereocenters. The van der Waals surface area contributed by atoms with E-state index in [1.807, 2.05) is 17.1 Å². The van der Waals surface area contributed by atoms with Gasteiger partial charge in [0.25, 0.3) is 5.69 Å².